The van der Waals surface area contributed by atoms with Crippen LogP contribution in [0.5, 0.6) is 5.75 Å². The molecule has 30 heavy (non-hydrogen) atoms. The summed E-state index contributed by atoms with van der Waals surface area (Å²) >= 11 is 1.32. The Morgan fingerprint density at radius 1 is 1.17 bits per heavy atom. The Labute approximate surface area is 175 Å². The van der Waals surface area contributed by atoms with Crippen molar-refractivity contribution in [1.82, 2.24) is 14.5 Å². The fourth-order valence-corrected chi connectivity index (χ4v) is 3.85. The lowest BCUT2D eigenvalue weighted by Gasteiger charge is -2.24. The Kier molecular flexibility index (Phi) is 6.66. The normalized spacial score (nSPS) is 11.4. The molecule has 0 atom stereocenters. The zero-order chi connectivity index (χ0) is 21.7. The molecule has 0 fully saturated rings. The van der Waals surface area contributed by atoms with Crippen molar-refractivity contribution >= 4 is 23.4 Å². The summed E-state index contributed by atoms with van der Waals surface area (Å²) in [4.78, 5) is 21.2. The predicted octanol–water partition coefficient (Wildman–Crippen LogP) is 4.48. The highest BCUT2D eigenvalue weighted by molar-refractivity contribution is 7.98. The van der Waals surface area contributed by atoms with Gasteiger partial charge in [-0.3, -0.25) is 9.36 Å². The number of hydrogen-bond acceptors (Lipinski definition) is 5. The number of pyridine rings is 1. The van der Waals surface area contributed by atoms with E-state index in [9.17, 15) is 18.0 Å². The summed E-state index contributed by atoms with van der Waals surface area (Å²) in [7, 11) is 1.54. The van der Waals surface area contributed by atoms with Crippen LogP contribution >= 0.6 is 11.8 Å². The van der Waals surface area contributed by atoms with Crippen molar-refractivity contribution in [3.8, 4) is 11.6 Å². The molecule has 0 aliphatic heterocycles. The van der Waals surface area contributed by atoms with Gasteiger partial charge < -0.3 is 9.64 Å². The first-order valence-electron chi connectivity index (χ1n) is 8.99. The Balaban J connectivity index is 1.87. The van der Waals surface area contributed by atoms with Crippen molar-refractivity contribution in [1.29, 1.82) is 0 Å². The van der Waals surface area contributed by atoms with Crippen molar-refractivity contribution in [2.24, 2.45) is 0 Å². The van der Waals surface area contributed by atoms with Crippen molar-refractivity contribution < 1.29 is 22.7 Å². The smallest absolute Gasteiger partial charge is 0.471 e. The SMILES string of the molecule is CCN(C(=O)C(F)(F)F)c1ccccc1CSc1nccn1-c1ncccc1OC. The van der Waals surface area contributed by atoms with Gasteiger partial charge in [-0.1, -0.05) is 30.0 Å². The van der Waals surface area contributed by atoms with Crippen LogP contribution in [0.2, 0.25) is 0 Å². The van der Waals surface area contributed by atoms with Crippen LogP contribution in [0.3, 0.4) is 0 Å². The standard InChI is InChI=1S/C20H19F3N4O2S/c1-3-26(18(28)20(21,22)23)15-8-5-4-7-14(15)13-30-19-25-11-12-27(19)17-16(29-2)9-6-10-24-17/h4-12H,3,13H2,1-2H3. The molecule has 10 heteroatoms. The van der Waals surface area contributed by atoms with Crippen molar-refractivity contribution in [2.45, 2.75) is 24.0 Å². The number of amides is 1. The van der Waals surface area contributed by atoms with Gasteiger partial charge in [0.15, 0.2) is 16.7 Å². The second kappa shape index (κ2) is 9.21. The number of anilines is 1. The maximum Gasteiger partial charge on any atom is 0.471 e. The van der Waals surface area contributed by atoms with Crippen LogP contribution in [0.15, 0.2) is 60.1 Å². The lowest BCUT2D eigenvalue weighted by Crippen LogP contribution is -2.41. The zero-order valence-corrected chi connectivity index (χ0v) is 17.1. The predicted molar refractivity (Wildman–Crippen MR) is 108 cm³/mol. The third kappa shape index (κ3) is 4.59. The van der Waals surface area contributed by atoms with Crippen molar-refractivity contribution in [3.05, 3.63) is 60.6 Å². The monoisotopic (exact) mass is 436 g/mol. The molecule has 0 aliphatic carbocycles. The van der Waals surface area contributed by atoms with Crippen LogP contribution < -0.4 is 9.64 Å². The first kappa shape index (κ1) is 21.7. The third-order valence-electron chi connectivity index (χ3n) is 4.25. The number of rotatable bonds is 7. The molecular formula is C20H19F3N4O2S. The van der Waals surface area contributed by atoms with Crippen molar-refractivity contribution in [3.63, 3.8) is 0 Å². The fraction of sp³-hybridized carbons (Fsp3) is 0.250. The van der Waals surface area contributed by atoms with Gasteiger partial charge in [-0.25, -0.2) is 9.97 Å². The van der Waals surface area contributed by atoms with E-state index >= 15 is 0 Å². The quantitative estimate of drug-likeness (QED) is 0.511. The molecule has 2 aromatic heterocycles. The molecule has 0 unspecified atom stereocenters. The number of carbonyl (C=O) groups excluding carboxylic acids is 1. The van der Waals surface area contributed by atoms with E-state index < -0.39 is 12.1 Å². The molecule has 0 aliphatic rings. The number of benzene rings is 1. The Morgan fingerprint density at radius 2 is 1.93 bits per heavy atom. The Hall–Kier alpha value is -3.01. The molecule has 3 rings (SSSR count). The number of aromatic nitrogens is 3. The van der Waals surface area contributed by atoms with Crippen LogP contribution in [0.4, 0.5) is 18.9 Å². The second-order valence-electron chi connectivity index (χ2n) is 6.07. The summed E-state index contributed by atoms with van der Waals surface area (Å²) in [6, 6.07) is 10.1. The minimum Gasteiger partial charge on any atom is -0.493 e. The number of nitrogens with zero attached hydrogens (tertiary/aromatic N) is 4. The van der Waals surface area contributed by atoms with E-state index in [0.717, 1.165) is 4.90 Å². The van der Waals surface area contributed by atoms with E-state index in [4.69, 9.17) is 4.74 Å². The van der Waals surface area contributed by atoms with Crippen molar-refractivity contribution in [2.75, 3.05) is 18.6 Å². The van der Waals surface area contributed by atoms with Gasteiger partial charge in [-0.05, 0) is 30.7 Å². The fourth-order valence-electron chi connectivity index (χ4n) is 2.90. The van der Waals surface area contributed by atoms with Gasteiger partial charge in [0.25, 0.3) is 0 Å². The van der Waals surface area contributed by atoms with Gasteiger partial charge in [-0.15, -0.1) is 0 Å². The number of ether oxygens (including phenoxy) is 1. The number of halogens is 3. The van der Waals surface area contributed by atoms with Crippen LogP contribution in [0.1, 0.15) is 12.5 Å². The van der Waals surface area contributed by atoms with Crippen LogP contribution in [0, 0.1) is 0 Å². The Bertz CT molecular complexity index is 1020. The summed E-state index contributed by atoms with van der Waals surface area (Å²) in [5, 5.41) is 0.590. The topological polar surface area (TPSA) is 60.2 Å². The summed E-state index contributed by atoms with van der Waals surface area (Å²) in [6.45, 7) is 1.41. The molecule has 3 aromatic rings. The van der Waals surface area contributed by atoms with Gasteiger partial charge >= 0.3 is 12.1 Å². The highest BCUT2D eigenvalue weighted by atomic mass is 32.2. The molecule has 2 heterocycles. The Morgan fingerprint density at radius 3 is 2.63 bits per heavy atom. The molecule has 1 amide bonds. The summed E-state index contributed by atoms with van der Waals surface area (Å²) in [6.07, 6.45) is 0.0179. The molecule has 0 N–H and O–H groups in total. The number of methoxy groups -OCH3 is 1. The summed E-state index contributed by atoms with van der Waals surface area (Å²) in [5.41, 5.74) is 0.813. The number of carbonyl (C=O) groups is 1. The molecule has 0 saturated heterocycles. The minimum atomic E-state index is -4.94. The average molecular weight is 436 g/mol. The van der Waals surface area contributed by atoms with E-state index in [1.807, 2.05) is 0 Å². The number of imidazole rings is 1. The lowest BCUT2D eigenvalue weighted by molar-refractivity contribution is -0.170. The maximum atomic E-state index is 13.0. The maximum absolute atomic E-state index is 13.0. The molecule has 158 valence electrons. The molecule has 1 aromatic carbocycles. The van der Waals surface area contributed by atoms with E-state index in [0.29, 0.717) is 28.0 Å². The van der Waals surface area contributed by atoms with Gasteiger partial charge in [0, 0.05) is 36.6 Å². The summed E-state index contributed by atoms with van der Waals surface area (Å²) in [5.74, 6) is -0.465. The van der Waals surface area contributed by atoms with Gasteiger partial charge in [0.2, 0.25) is 0 Å². The molecule has 0 bridgehead atoms. The highest BCUT2D eigenvalue weighted by Crippen LogP contribution is 2.32. The van der Waals surface area contributed by atoms with Crippen LogP contribution in [-0.4, -0.2) is 40.3 Å². The van der Waals surface area contributed by atoms with Gasteiger partial charge in [0.05, 0.1) is 7.11 Å². The third-order valence-corrected chi connectivity index (χ3v) is 5.26. The van der Waals surface area contributed by atoms with Gasteiger partial charge in [0.1, 0.15) is 0 Å². The zero-order valence-electron chi connectivity index (χ0n) is 16.3. The first-order valence-corrected chi connectivity index (χ1v) is 9.97. The van der Waals surface area contributed by atoms with Crippen LogP contribution in [0.25, 0.3) is 5.82 Å². The highest BCUT2D eigenvalue weighted by Gasteiger charge is 2.42. The van der Waals surface area contributed by atoms with E-state index in [1.165, 1.54) is 31.9 Å². The minimum absolute atomic E-state index is 0.0974. The molecule has 0 saturated carbocycles. The largest absolute Gasteiger partial charge is 0.493 e. The first-order chi connectivity index (χ1) is 14.4. The summed E-state index contributed by atoms with van der Waals surface area (Å²) < 4.78 is 46.1. The number of thioether (sulfide) groups is 1. The molecule has 0 radical (unpaired) electrons. The molecule has 6 nitrogen and oxygen atoms in total. The lowest BCUT2D eigenvalue weighted by atomic mass is 10.1. The molecular weight excluding hydrogens is 417 g/mol. The van der Waals surface area contributed by atoms with E-state index in [-0.39, 0.29) is 12.2 Å². The molecule has 0 spiro atoms. The number of hydrogen-bond donors (Lipinski definition) is 0. The van der Waals surface area contributed by atoms with Gasteiger partial charge in [-0.2, -0.15) is 13.2 Å². The second-order valence-corrected chi connectivity index (χ2v) is 7.02. The van der Waals surface area contributed by atoms with E-state index in [1.54, 1.807) is 53.5 Å². The van der Waals surface area contributed by atoms with Crippen LogP contribution in [-0.2, 0) is 10.5 Å². The number of para-hydroxylation sites is 1. The number of alkyl halides is 3. The van der Waals surface area contributed by atoms with E-state index in [2.05, 4.69) is 9.97 Å². The average Bonchev–Trinajstić information content (AvgIpc) is 3.21.